The molecule has 79 heavy (non-hydrogen) atoms. The molecule has 0 bridgehead atoms. The van der Waals surface area contributed by atoms with Gasteiger partial charge in [0.1, 0.15) is 18.1 Å². The van der Waals surface area contributed by atoms with Crippen LogP contribution in [0.1, 0.15) is 97.0 Å². The number of hydrogen-bond donors (Lipinski definition) is 1. The first-order chi connectivity index (χ1) is 36.8. The van der Waals surface area contributed by atoms with E-state index in [-0.39, 0.29) is 104 Å². The Morgan fingerprint density at radius 1 is 0.532 bits per heavy atom. The topological polar surface area (TPSA) is 337 Å². The highest BCUT2D eigenvalue weighted by atomic mass is 35.5. The Morgan fingerprint density at radius 2 is 0.823 bits per heavy atom. The standard InChI is InChI=1S/C21H21NO7S.C20H21NO7S.C13H12ClNO4S/c1-11-8-17(29-22-11)19-12(2)14(4-5-18(19)30(3,27)28)21(26)20-15(24)9-13(6-7-23)10-16(20)25;1-10-6-16(28-21-10)18-11(2)13(4-5-17(18)29(3,26)27)20(25)19-14(23)7-12(9-22)8-15(19)24;1-7-6-10(19-15-7)12-8(2)9(13(14)16)4-5-11(12)20(3,17)18/h4-5,7-8,13,20H,6,9-10H2,1-3H3;4-6,12,19,22H,7-9H2,1-3H3;4-6H,1-3H3. The van der Waals surface area contributed by atoms with Crippen LogP contribution in [0.3, 0.4) is 0 Å². The van der Waals surface area contributed by atoms with Crippen molar-refractivity contribution in [3.8, 4) is 34.0 Å². The molecule has 8 rings (SSSR count). The number of rotatable bonds is 14. The van der Waals surface area contributed by atoms with Crippen LogP contribution in [-0.2, 0) is 53.5 Å². The predicted molar refractivity (Wildman–Crippen MR) is 283 cm³/mol. The van der Waals surface area contributed by atoms with Gasteiger partial charge in [-0.1, -0.05) is 15.5 Å². The molecule has 0 atom stereocenters. The van der Waals surface area contributed by atoms with E-state index in [1.807, 2.05) is 0 Å². The summed E-state index contributed by atoms with van der Waals surface area (Å²) >= 11 is 5.51. The Morgan fingerprint density at radius 3 is 1.08 bits per heavy atom. The van der Waals surface area contributed by atoms with Crippen molar-refractivity contribution in [3.05, 3.63) is 105 Å². The number of aliphatic hydroxyl groups excluding tert-OH is 1. The molecular formula is C54H54ClN3O18S3. The van der Waals surface area contributed by atoms with E-state index in [1.165, 1.54) is 36.4 Å². The van der Waals surface area contributed by atoms with Crippen LogP contribution in [0.2, 0.25) is 0 Å². The van der Waals surface area contributed by atoms with E-state index in [2.05, 4.69) is 15.5 Å². The number of Topliss-reactive ketones (excluding diaryl/α,β-unsaturated/α-hetero) is 6. The van der Waals surface area contributed by atoms with Gasteiger partial charge in [-0.25, -0.2) is 25.3 Å². The van der Waals surface area contributed by atoms with Crippen molar-refractivity contribution in [1.82, 2.24) is 15.5 Å². The molecule has 6 aromatic rings. The molecule has 0 radical (unpaired) electrons. The Bertz CT molecular complexity index is 3810. The number of ketones is 6. The van der Waals surface area contributed by atoms with Crippen molar-refractivity contribution in [1.29, 1.82) is 0 Å². The maximum atomic E-state index is 13.1. The number of benzene rings is 3. The molecule has 2 aliphatic carbocycles. The number of hydrogen-bond acceptors (Lipinski definition) is 21. The van der Waals surface area contributed by atoms with Crippen molar-refractivity contribution < 1.29 is 82.3 Å². The normalized spacial score (nSPS) is 17.8. The second-order valence-corrected chi connectivity index (χ2v) is 25.8. The molecular weight excluding hydrogens is 1110 g/mol. The van der Waals surface area contributed by atoms with Crippen LogP contribution in [0.4, 0.5) is 0 Å². The lowest BCUT2D eigenvalue weighted by Gasteiger charge is -2.25. The minimum Gasteiger partial charge on any atom is -0.396 e. The first kappa shape index (κ1) is 61.0. The lowest BCUT2D eigenvalue weighted by molar-refractivity contribution is -0.137. The van der Waals surface area contributed by atoms with Crippen LogP contribution >= 0.6 is 11.6 Å². The van der Waals surface area contributed by atoms with E-state index in [0.717, 1.165) is 18.8 Å². The van der Waals surface area contributed by atoms with Gasteiger partial charge in [-0.15, -0.1) is 0 Å². The summed E-state index contributed by atoms with van der Waals surface area (Å²) in [6.07, 6.45) is 3.79. The third-order valence-electron chi connectivity index (χ3n) is 13.3. The lowest BCUT2D eigenvalue weighted by Crippen LogP contribution is -2.39. The molecule has 2 aliphatic rings. The van der Waals surface area contributed by atoms with Crippen molar-refractivity contribution in [2.75, 3.05) is 25.4 Å². The van der Waals surface area contributed by atoms with E-state index in [0.29, 0.717) is 45.8 Å². The number of aryl methyl sites for hydroxylation is 3. The first-order valence-electron chi connectivity index (χ1n) is 24.1. The van der Waals surface area contributed by atoms with Gasteiger partial charge in [0.15, 0.2) is 81.5 Å². The highest BCUT2D eigenvalue weighted by molar-refractivity contribution is 7.91. The summed E-state index contributed by atoms with van der Waals surface area (Å²) in [5.74, 6) is -6.56. The van der Waals surface area contributed by atoms with E-state index in [1.54, 1.807) is 59.7 Å². The highest BCUT2D eigenvalue weighted by Gasteiger charge is 2.43. The zero-order valence-electron chi connectivity index (χ0n) is 44.2. The lowest BCUT2D eigenvalue weighted by atomic mass is 9.75. The van der Waals surface area contributed by atoms with Crippen LogP contribution in [-0.4, -0.2) is 117 Å². The van der Waals surface area contributed by atoms with Crippen LogP contribution in [0, 0.1) is 65.2 Å². The van der Waals surface area contributed by atoms with Gasteiger partial charge in [0, 0.05) is 109 Å². The zero-order chi connectivity index (χ0) is 58.8. The highest BCUT2D eigenvalue weighted by Crippen LogP contribution is 2.39. The molecule has 0 amide bonds. The largest absolute Gasteiger partial charge is 0.396 e. The van der Waals surface area contributed by atoms with E-state index < -0.39 is 87.2 Å². The number of aromatic nitrogens is 3. The van der Waals surface area contributed by atoms with Gasteiger partial charge in [-0.05, 0) is 118 Å². The molecule has 0 aliphatic heterocycles. The Hall–Kier alpha value is -7.25. The van der Waals surface area contributed by atoms with Gasteiger partial charge >= 0.3 is 0 Å². The van der Waals surface area contributed by atoms with Crippen molar-refractivity contribution >= 4 is 87.3 Å². The molecule has 3 heterocycles. The molecule has 3 aromatic carbocycles. The molecule has 2 saturated carbocycles. The second-order valence-electron chi connectivity index (χ2n) is 19.5. The number of aldehydes is 1. The number of nitrogens with zero attached hydrogens (tertiary/aromatic N) is 3. The smallest absolute Gasteiger partial charge is 0.252 e. The van der Waals surface area contributed by atoms with Gasteiger partial charge in [-0.3, -0.25) is 33.6 Å². The van der Waals surface area contributed by atoms with E-state index in [9.17, 15) is 68.7 Å². The summed E-state index contributed by atoms with van der Waals surface area (Å²) in [5.41, 5.74) is 3.77. The molecule has 21 nitrogen and oxygen atoms in total. The van der Waals surface area contributed by atoms with E-state index >= 15 is 0 Å². The second kappa shape index (κ2) is 24.0. The molecule has 0 saturated heterocycles. The average molecular weight is 1160 g/mol. The van der Waals surface area contributed by atoms with E-state index in [4.69, 9.17) is 25.2 Å². The Kier molecular flexibility index (Phi) is 18.5. The molecule has 0 spiro atoms. The SMILES string of the molecule is Cc1cc(-c2c(S(C)(=O)=O)ccc(C(=O)C3C(=O)CC(CC=O)CC3=O)c2C)on1.Cc1cc(-c2c(S(C)(=O)=O)ccc(C(=O)C3C(=O)CC(CO)CC3=O)c2C)on1.Cc1cc(-c2c(S(C)(=O)=O)ccc(C(=O)Cl)c2C)on1. The molecule has 1 N–H and O–H groups in total. The Labute approximate surface area is 459 Å². The minimum atomic E-state index is -3.66. The van der Waals surface area contributed by atoms with Crippen molar-refractivity contribution in [2.24, 2.45) is 23.7 Å². The predicted octanol–water partition coefficient (Wildman–Crippen LogP) is 6.74. The van der Waals surface area contributed by atoms with Crippen LogP contribution < -0.4 is 0 Å². The maximum Gasteiger partial charge on any atom is 0.252 e. The number of sulfone groups is 3. The van der Waals surface area contributed by atoms with Crippen LogP contribution in [0.15, 0.2) is 82.9 Å². The summed E-state index contributed by atoms with van der Waals surface area (Å²) in [4.78, 5) is 98.2. The third kappa shape index (κ3) is 13.4. The number of halogens is 1. The van der Waals surface area contributed by atoms with Gasteiger partial charge in [0.2, 0.25) is 0 Å². The zero-order valence-corrected chi connectivity index (χ0v) is 47.4. The number of carbonyl (C=O) groups is 8. The van der Waals surface area contributed by atoms with Gasteiger partial charge in [0.25, 0.3) is 5.24 Å². The van der Waals surface area contributed by atoms with Gasteiger partial charge in [0.05, 0.1) is 31.8 Å². The Balaban J connectivity index is 0.000000195. The monoisotopic (exact) mass is 1160 g/mol. The van der Waals surface area contributed by atoms with Crippen LogP contribution in [0.5, 0.6) is 0 Å². The fourth-order valence-electron chi connectivity index (χ4n) is 9.54. The fraction of sp³-hybridized carbons (Fsp3) is 0.352. The van der Waals surface area contributed by atoms with Crippen molar-refractivity contribution in [3.63, 3.8) is 0 Å². The van der Waals surface area contributed by atoms with Crippen molar-refractivity contribution in [2.45, 2.75) is 88.3 Å². The summed E-state index contributed by atoms with van der Waals surface area (Å²) in [5, 5.41) is 19.9. The third-order valence-corrected chi connectivity index (χ3v) is 16.9. The average Bonchev–Trinajstić information content (AvgIpc) is 4.18. The first-order valence-corrected chi connectivity index (χ1v) is 30.1. The molecule has 2 fully saturated rings. The maximum absolute atomic E-state index is 13.1. The summed E-state index contributed by atoms with van der Waals surface area (Å²) < 4.78 is 88.5. The summed E-state index contributed by atoms with van der Waals surface area (Å²) in [7, 11) is -10.8. The fourth-order valence-corrected chi connectivity index (χ4v) is 12.6. The molecule has 0 unspecified atom stereocenters. The van der Waals surface area contributed by atoms with Gasteiger partial charge in [-0.2, -0.15) is 0 Å². The van der Waals surface area contributed by atoms with Gasteiger partial charge < -0.3 is 23.5 Å². The number of aliphatic hydroxyl groups is 1. The van der Waals surface area contributed by atoms with Crippen LogP contribution in [0.25, 0.3) is 34.0 Å². The quantitative estimate of drug-likeness (QED) is 0.0510. The number of carbonyl (C=O) groups excluding carboxylic acids is 8. The minimum absolute atomic E-state index is 0.0183. The molecule has 3 aromatic heterocycles. The summed E-state index contributed by atoms with van der Waals surface area (Å²) in [6.45, 7) is 9.48. The molecule has 418 valence electrons. The molecule has 25 heteroatoms. The summed E-state index contributed by atoms with van der Waals surface area (Å²) in [6, 6.07) is 12.6.